The van der Waals surface area contributed by atoms with Gasteiger partial charge in [-0.1, -0.05) is 17.7 Å². The molecule has 3 rings (SSSR count). The van der Waals surface area contributed by atoms with E-state index in [2.05, 4.69) is 20.5 Å². The number of halogens is 2. The Labute approximate surface area is 177 Å². The fraction of sp³-hybridized carbons (Fsp3) is 0.667. The lowest BCUT2D eigenvalue weighted by Gasteiger charge is -2.34. The highest BCUT2D eigenvalue weighted by Gasteiger charge is 2.21. The van der Waals surface area contributed by atoms with E-state index in [9.17, 15) is 4.39 Å². The molecule has 29 heavy (non-hydrogen) atoms. The molecule has 1 aromatic rings. The number of likely N-dealkylation sites (tertiary alicyclic amines) is 1. The maximum Gasteiger partial charge on any atom is 0.191 e. The molecule has 0 aromatic heterocycles. The lowest BCUT2D eigenvalue weighted by molar-refractivity contribution is 0.0191. The summed E-state index contributed by atoms with van der Waals surface area (Å²) in [5.74, 6) is 0.490. The van der Waals surface area contributed by atoms with Crippen molar-refractivity contribution in [2.45, 2.75) is 44.4 Å². The molecule has 2 heterocycles. The van der Waals surface area contributed by atoms with Crippen molar-refractivity contribution in [3.63, 3.8) is 0 Å². The van der Waals surface area contributed by atoms with Crippen LogP contribution in [0, 0.1) is 5.82 Å². The summed E-state index contributed by atoms with van der Waals surface area (Å²) in [4.78, 5) is 6.67. The molecule has 2 saturated heterocycles. The van der Waals surface area contributed by atoms with E-state index in [1.165, 1.54) is 12.1 Å². The van der Waals surface area contributed by atoms with Crippen LogP contribution in [0.4, 0.5) is 4.39 Å². The van der Waals surface area contributed by atoms with E-state index in [1.54, 1.807) is 13.1 Å². The number of aliphatic imine (C=N–C) groups is 1. The number of piperidine rings is 1. The Balaban J connectivity index is 1.37. The molecule has 6 nitrogen and oxygen atoms in total. The number of guanidine groups is 1. The van der Waals surface area contributed by atoms with Gasteiger partial charge < -0.3 is 20.1 Å². The summed E-state index contributed by atoms with van der Waals surface area (Å²) < 4.78 is 24.5. The van der Waals surface area contributed by atoms with Crippen molar-refractivity contribution in [1.82, 2.24) is 15.5 Å². The van der Waals surface area contributed by atoms with Crippen molar-refractivity contribution < 1.29 is 13.9 Å². The third kappa shape index (κ3) is 7.41. The van der Waals surface area contributed by atoms with Gasteiger partial charge in [-0.25, -0.2) is 4.39 Å². The number of ether oxygens (including phenoxy) is 2. The Bertz CT molecular complexity index is 670. The van der Waals surface area contributed by atoms with Gasteiger partial charge in [0.05, 0.1) is 19.3 Å². The number of nitrogens with zero attached hydrogens (tertiary/aromatic N) is 2. The topological polar surface area (TPSA) is 58.1 Å². The fourth-order valence-electron chi connectivity index (χ4n) is 3.83. The van der Waals surface area contributed by atoms with Gasteiger partial charge in [0.25, 0.3) is 0 Å². The van der Waals surface area contributed by atoms with Crippen LogP contribution >= 0.6 is 11.6 Å². The summed E-state index contributed by atoms with van der Waals surface area (Å²) >= 11 is 6.19. The predicted octanol–water partition coefficient (Wildman–Crippen LogP) is 2.80. The highest BCUT2D eigenvalue weighted by molar-refractivity contribution is 6.31. The standard InChI is InChI=1S/C21H32ClFN4O2/c1-24-21(25-8-11-28-15-19-5-3-10-29-19)26-18-4-2-9-27(14-18)13-16-6-7-17(23)12-20(16)22/h6-7,12,18-19H,2-5,8-11,13-15H2,1H3,(H2,24,25,26). The van der Waals surface area contributed by atoms with E-state index in [0.29, 0.717) is 30.8 Å². The maximum absolute atomic E-state index is 13.3. The van der Waals surface area contributed by atoms with Crippen molar-refractivity contribution in [2.24, 2.45) is 4.99 Å². The second-order valence-electron chi connectivity index (χ2n) is 7.66. The molecule has 0 saturated carbocycles. The average molecular weight is 427 g/mol. The van der Waals surface area contributed by atoms with Gasteiger partial charge in [-0.15, -0.1) is 0 Å². The van der Waals surface area contributed by atoms with Crippen LogP contribution in [0.2, 0.25) is 5.02 Å². The molecule has 0 bridgehead atoms. The molecule has 0 spiro atoms. The second-order valence-corrected chi connectivity index (χ2v) is 8.07. The van der Waals surface area contributed by atoms with Crippen LogP contribution in [0.3, 0.4) is 0 Å². The second kappa shape index (κ2) is 11.7. The molecular weight excluding hydrogens is 395 g/mol. The first-order valence-corrected chi connectivity index (χ1v) is 10.8. The van der Waals surface area contributed by atoms with E-state index in [-0.39, 0.29) is 11.9 Å². The van der Waals surface area contributed by atoms with Crippen LogP contribution in [0.15, 0.2) is 23.2 Å². The maximum atomic E-state index is 13.3. The molecule has 0 radical (unpaired) electrons. The van der Waals surface area contributed by atoms with Gasteiger partial charge in [0.1, 0.15) is 5.82 Å². The first-order chi connectivity index (χ1) is 14.1. The minimum Gasteiger partial charge on any atom is -0.377 e. The molecule has 2 fully saturated rings. The van der Waals surface area contributed by atoms with Crippen molar-refractivity contribution in [3.8, 4) is 0 Å². The molecule has 2 N–H and O–H groups in total. The fourth-order valence-corrected chi connectivity index (χ4v) is 4.05. The van der Waals surface area contributed by atoms with Gasteiger partial charge in [0.15, 0.2) is 5.96 Å². The molecule has 1 aromatic carbocycles. The molecule has 0 amide bonds. The van der Waals surface area contributed by atoms with E-state index < -0.39 is 0 Å². The van der Waals surface area contributed by atoms with Crippen molar-refractivity contribution >= 4 is 17.6 Å². The summed E-state index contributed by atoms with van der Waals surface area (Å²) in [6.07, 6.45) is 4.67. The van der Waals surface area contributed by atoms with Crippen molar-refractivity contribution in [2.75, 3.05) is 46.5 Å². The molecule has 2 aliphatic heterocycles. The van der Waals surface area contributed by atoms with E-state index in [4.69, 9.17) is 21.1 Å². The lowest BCUT2D eigenvalue weighted by atomic mass is 10.0. The third-order valence-corrected chi connectivity index (χ3v) is 5.70. The smallest absolute Gasteiger partial charge is 0.191 e. The average Bonchev–Trinajstić information content (AvgIpc) is 3.23. The van der Waals surface area contributed by atoms with Gasteiger partial charge in [-0.3, -0.25) is 9.89 Å². The Hall–Kier alpha value is -1.41. The Kier molecular flexibility index (Phi) is 8.98. The molecule has 162 valence electrons. The lowest BCUT2D eigenvalue weighted by Crippen LogP contribution is -2.51. The molecule has 2 unspecified atom stereocenters. The van der Waals surface area contributed by atoms with Crippen LogP contribution in [0.25, 0.3) is 0 Å². The number of rotatable bonds is 8. The zero-order valence-electron chi connectivity index (χ0n) is 17.1. The Morgan fingerprint density at radius 3 is 3.03 bits per heavy atom. The monoisotopic (exact) mass is 426 g/mol. The van der Waals surface area contributed by atoms with Crippen LogP contribution < -0.4 is 10.6 Å². The highest BCUT2D eigenvalue weighted by Crippen LogP contribution is 2.21. The van der Waals surface area contributed by atoms with Gasteiger partial charge >= 0.3 is 0 Å². The summed E-state index contributed by atoms with van der Waals surface area (Å²) in [6, 6.07) is 4.92. The van der Waals surface area contributed by atoms with Crippen molar-refractivity contribution in [3.05, 3.63) is 34.6 Å². The first-order valence-electron chi connectivity index (χ1n) is 10.5. The minimum absolute atomic E-state index is 0.260. The summed E-state index contributed by atoms with van der Waals surface area (Å²) in [7, 11) is 1.78. The highest BCUT2D eigenvalue weighted by atomic mass is 35.5. The number of nitrogens with one attached hydrogen (secondary N) is 2. The van der Waals surface area contributed by atoms with Gasteiger partial charge in [-0.2, -0.15) is 0 Å². The van der Waals surface area contributed by atoms with Gasteiger partial charge in [-0.05, 0) is 49.9 Å². The normalized spacial score (nSPS) is 23.3. The molecule has 8 heteroatoms. The molecular formula is C21H32ClFN4O2. The molecule has 2 atom stereocenters. The Morgan fingerprint density at radius 1 is 1.38 bits per heavy atom. The first kappa shape index (κ1) is 22.3. The number of hydrogen-bond donors (Lipinski definition) is 2. The Morgan fingerprint density at radius 2 is 2.28 bits per heavy atom. The SMILES string of the molecule is CN=C(NCCOCC1CCCO1)NC1CCCN(Cc2ccc(F)cc2Cl)C1. The minimum atomic E-state index is -0.299. The van der Waals surface area contributed by atoms with Crippen molar-refractivity contribution in [1.29, 1.82) is 0 Å². The van der Waals surface area contributed by atoms with E-state index in [0.717, 1.165) is 63.4 Å². The number of hydrogen-bond acceptors (Lipinski definition) is 4. The quantitative estimate of drug-likeness (QED) is 0.380. The van der Waals surface area contributed by atoms with E-state index in [1.807, 2.05) is 0 Å². The predicted molar refractivity (Wildman–Crippen MR) is 114 cm³/mol. The van der Waals surface area contributed by atoms with Gasteiger partial charge in [0, 0.05) is 44.4 Å². The summed E-state index contributed by atoms with van der Waals surface area (Å²) in [5, 5.41) is 7.30. The van der Waals surface area contributed by atoms with E-state index >= 15 is 0 Å². The third-order valence-electron chi connectivity index (χ3n) is 5.35. The zero-order valence-corrected chi connectivity index (χ0v) is 17.9. The molecule has 0 aliphatic carbocycles. The summed E-state index contributed by atoms with van der Waals surface area (Å²) in [5.41, 5.74) is 0.958. The van der Waals surface area contributed by atoms with Crippen LogP contribution in [-0.4, -0.2) is 69.5 Å². The summed E-state index contributed by atoms with van der Waals surface area (Å²) in [6.45, 7) is 5.47. The number of benzene rings is 1. The largest absolute Gasteiger partial charge is 0.377 e. The van der Waals surface area contributed by atoms with Crippen LogP contribution in [0.1, 0.15) is 31.2 Å². The van der Waals surface area contributed by atoms with Crippen LogP contribution in [0.5, 0.6) is 0 Å². The molecule has 2 aliphatic rings. The zero-order chi connectivity index (χ0) is 20.5. The van der Waals surface area contributed by atoms with Crippen LogP contribution in [-0.2, 0) is 16.0 Å². The van der Waals surface area contributed by atoms with Gasteiger partial charge in [0.2, 0.25) is 0 Å².